The number of nitrogens with zero attached hydrogens (tertiary/aromatic N) is 3. The molecular weight excluding hydrogens is 281 g/mol. The maximum Gasteiger partial charge on any atom is 0.224 e. The number of rotatable bonds is 4. The van der Waals surface area contributed by atoms with Crippen molar-refractivity contribution in [1.82, 2.24) is 9.97 Å². The average molecular weight is 295 g/mol. The highest BCUT2D eigenvalue weighted by molar-refractivity contribution is 9.10. The Balaban J connectivity index is 2.72. The Kier molecular flexibility index (Phi) is 4.76. The maximum absolute atomic E-state index is 9.17. The SMILES string of the molecule is CC(O)CCN(C)c1nc(Cl)ncc1Br. The van der Waals surface area contributed by atoms with Gasteiger partial charge in [-0.3, -0.25) is 0 Å². The van der Waals surface area contributed by atoms with E-state index in [2.05, 4.69) is 25.9 Å². The fraction of sp³-hybridized carbons (Fsp3) is 0.556. The van der Waals surface area contributed by atoms with Gasteiger partial charge >= 0.3 is 0 Å². The second-order valence-corrected chi connectivity index (χ2v) is 4.56. The van der Waals surface area contributed by atoms with Gasteiger partial charge in [-0.15, -0.1) is 0 Å². The summed E-state index contributed by atoms with van der Waals surface area (Å²) in [5.74, 6) is 0.732. The molecule has 0 saturated carbocycles. The minimum Gasteiger partial charge on any atom is -0.393 e. The lowest BCUT2D eigenvalue weighted by atomic mass is 10.3. The Morgan fingerprint density at radius 2 is 2.33 bits per heavy atom. The van der Waals surface area contributed by atoms with Crippen LogP contribution in [-0.2, 0) is 0 Å². The third kappa shape index (κ3) is 3.93. The van der Waals surface area contributed by atoms with Crippen LogP contribution in [0.15, 0.2) is 10.7 Å². The number of hydrogen-bond acceptors (Lipinski definition) is 4. The molecular formula is C9H13BrClN3O. The van der Waals surface area contributed by atoms with Crippen LogP contribution in [0.2, 0.25) is 5.28 Å². The molecule has 0 aliphatic rings. The Labute approximate surface area is 102 Å². The number of anilines is 1. The van der Waals surface area contributed by atoms with Crippen molar-refractivity contribution < 1.29 is 5.11 Å². The number of aromatic nitrogens is 2. The first kappa shape index (κ1) is 12.7. The molecule has 1 unspecified atom stereocenters. The van der Waals surface area contributed by atoms with Crippen molar-refractivity contribution in [3.63, 3.8) is 0 Å². The molecule has 1 aromatic heterocycles. The predicted octanol–water partition coefficient (Wildman–Crippen LogP) is 2.10. The zero-order valence-corrected chi connectivity index (χ0v) is 11.0. The molecule has 1 aromatic rings. The third-order valence-electron chi connectivity index (χ3n) is 1.94. The molecule has 0 spiro atoms. The molecule has 1 rings (SSSR count). The average Bonchev–Trinajstić information content (AvgIpc) is 2.18. The first-order valence-electron chi connectivity index (χ1n) is 4.58. The monoisotopic (exact) mass is 293 g/mol. The maximum atomic E-state index is 9.17. The summed E-state index contributed by atoms with van der Waals surface area (Å²) in [5.41, 5.74) is 0. The topological polar surface area (TPSA) is 49.2 Å². The van der Waals surface area contributed by atoms with Crippen LogP contribution in [0.5, 0.6) is 0 Å². The van der Waals surface area contributed by atoms with E-state index in [-0.39, 0.29) is 11.4 Å². The van der Waals surface area contributed by atoms with E-state index in [0.717, 1.165) is 10.3 Å². The number of aliphatic hydroxyl groups excluding tert-OH is 1. The van der Waals surface area contributed by atoms with Crippen LogP contribution in [-0.4, -0.2) is 34.8 Å². The summed E-state index contributed by atoms with van der Waals surface area (Å²) in [6.07, 6.45) is 1.98. The van der Waals surface area contributed by atoms with Gasteiger partial charge in [0.15, 0.2) is 0 Å². The fourth-order valence-corrected chi connectivity index (χ4v) is 1.71. The first-order chi connectivity index (χ1) is 7.00. The molecule has 0 bridgehead atoms. The van der Waals surface area contributed by atoms with Gasteiger partial charge in [0.25, 0.3) is 0 Å². The predicted molar refractivity (Wildman–Crippen MR) is 64.3 cm³/mol. The van der Waals surface area contributed by atoms with Crippen molar-refractivity contribution >= 4 is 33.3 Å². The van der Waals surface area contributed by atoms with Gasteiger partial charge in [-0.2, -0.15) is 4.98 Å². The molecule has 0 radical (unpaired) electrons. The molecule has 15 heavy (non-hydrogen) atoms. The largest absolute Gasteiger partial charge is 0.393 e. The quantitative estimate of drug-likeness (QED) is 0.864. The lowest BCUT2D eigenvalue weighted by molar-refractivity contribution is 0.187. The van der Waals surface area contributed by atoms with Gasteiger partial charge in [0, 0.05) is 19.8 Å². The fourth-order valence-electron chi connectivity index (χ4n) is 1.09. The van der Waals surface area contributed by atoms with Crippen molar-refractivity contribution in [2.75, 3.05) is 18.5 Å². The molecule has 0 aromatic carbocycles. The van der Waals surface area contributed by atoms with Gasteiger partial charge in [-0.05, 0) is 40.9 Å². The summed E-state index contributed by atoms with van der Waals surface area (Å²) in [4.78, 5) is 9.87. The molecule has 1 atom stereocenters. The van der Waals surface area contributed by atoms with E-state index in [0.29, 0.717) is 13.0 Å². The minimum atomic E-state index is -0.316. The lowest BCUT2D eigenvalue weighted by Crippen LogP contribution is -2.23. The zero-order chi connectivity index (χ0) is 11.4. The summed E-state index contributed by atoms with van der Waals surface area (Å²) >= 11 is 9.05. The number of aliphatic hydroxyl groups is 1. The van der Waals surface area contributed by atoms with Gasteiger partial charge in [-0.1, -0.05) is 0 Å². The first-order valence-corrected chi connectivity index (χ1v) is 5.75. The summed E-state index contributed by atoms with van der Waals surface area (Å²) in [6, 6.07) is 0. The van der Waals surface area contributed by atoms with E-state index in [4.69, 9.17) is 11.6 Å². The van der Waals surface area contributed by atoms with E-state index in [1.165, 1.54) is 0 Å². The van der Waals surface area contributed by atoms with Crippen molar-refractivity contribution in [2.45, 2.75) is 19.4 Å². The van der Waals surface area contributed by atoms with E-state index >= 15 is 0 Å². The summed E-state index contributed by atoms with van der Waals surface area (Å²) in [5, 5.41) is 9.39. The minimum absolute atomic E-state index is 0.220. The summed E-state index contributed by atoms with van der Waals surface area (Å²) < 4.78 is 0.792. The van der Waals surface area contributed by atoms with Crippen molar-refractivity contribution in [1.29, 1.82) is 0 Å². The highest BCUT2D eigenvalue weighted by Gasteiger charge is 2.09. The number of halogens is 2. The molecule has 4 nitrogen and oxygen atoms in total. The van der Waals surface area contributed by atoms with Gasteiger partial charge < -0.3 is 10.0 Å². The lowest BCUT2D eigenvalue weighted by Gasteiger charge is -2.19. The summed E-state index contributed by atoms with van der Waals surface area (Å²) in [6.45, 7) is 2.47. The smallest absolute Gasteiger partial charge is 0.224 e. The van der Waals surface area contributed by atoms with E-state index in [9.17, 15) is 5.11 Å². The van der Waals surface area contributed by atoms with Crippen LogP contribution < -0.4 is 4.90 Å². The molecule has 0 fully saturated rings. The standard InChI is InChI=1S/C9H13BrClN3O/c1-6(15)3-4-14(2)8-7(10)5-12-9(11)13-8/h5-6,15H,3-4H2,1-2H3. The van der Waals surface area contributed by atoms with Crippen LogP contribution in [0.25, 0.3) is 0 Å². The highest BCUT2D eigenvalue weighted by Crippen LogP contribution is 2.23. The molecule has 6 heteroatoms. The van der Waals surface area contributed by atoms with E-state index in [1.54, 1.807) is 13.1 Å². The van der Waals surface area contributed by atoms with Crippen LogP contribution in [0.4, 0.5) is 5.82 Å². The molecule has 1 heterocycles. The molecule has 0 amide bonds. The summed E-state index contributed by atoms with van der Waals surface area (Å²) in [7, 11) is 1.89. The van der Waals surface area contributed by atoms with Crippen LogP contribution in [0, 0.1) is 0 Å². The number of hydrogen-bond donors (Lipinski definition) is 1. The van der Waals surface area contributed by atoms with Crippen LogP contribution >= 0.6 is 27.5 Å². The van der Waals surface area contributed by atoms with Gasteiger partial charge in [0.1, 0.15) is 5.82 Å². The molecule has 1 N–H and O–H groups in total. The van der Waals surface area contributed by atoms with Crippen molar-refractivity contribution in [3.05, 3.63) is 16.0 Å². The zero-order valence-electron chi connectivity index (χ0n) is 8.61. The van der Waals surface area contributed by atoms with E-state index in [1.807, 2.05) is 11.9 Å². The van der Waals surface area contributed by atoms with Crippen LogP contribution in [0.1, 0.15) is 13.3 Å². The second kappa shape index (κ2) is 5.63. The molecule has 0 saturated heterocycles. The third-order valence-corrected chi connectivity index (χ3v) is 2.68. The highest BCUT2D eigenvalue weighted by atomic mass is 79.9. The van der Waals surface area contributed by atoms with Crippen molar-refractivity contribution in [3.8, 4) is 0 Å². The Morgan fingerprint density at radius 3 is 2.93 bits per heavy atom. The van der Waals surface area contributed by atoms with Gasteiger partial charge in [0.2, 0.25) is 5.28 Å². The normalized spacial score (nSPS) is 12.6. The Hall–Kier alpha value is -0.390. The van der Waals surface area contributed by atoms with Crippen molar-refractivity contribution in [2.24, 2.45) is 0 Å². The molecule has 0 aliphatic heterocycles. The van der Waals surface area contributed by atoms with Gasteiger partial charge in [-0.25, -0.2) is 4.98 Å². The van der Waals surface area contributed by atoms with Gasteiger partial charge in [0.05, 0.1) is 10.6 Å². The molecule has 0 aliphatic carbocycles. The van der Waals surface area contributed by atoms with E-state index < -0.39 is 0 Å². The Bertz CT molecular complexity index is 335. The molecule has 84 valence electrons. The van der Waals surface area contributed by atoms with Crippen LogP contribution in [0.3, 0.4) is 0 Å². The second-order valence-electron chi connectivity index (χ2n) is 3.37. The Morgan fingerprint density at radius 1 is 1.67 bits per heavy atom.